The number of aryl methyl sites for hydroxylation is 1. The van der Waals surface area contributed by atoms with Gasteiger partial charge in [0.1, 0.15) is 17.7 Å². The molecule has 0 aromatic heterocycles. The number of hydrogen-bond donors (Lipinski definition) is 1. The van der Waals surface area contributed by atoms with Crippen LogP contribution < -0.4 is 19.7 Å². The molecule has 0 saturated heterocycles. The number of benzene rings is 3. The van der Waals surface area contributed by atoms with Crippen LogP contribution in [0.4, 0.5) is 5.69 Å². The van der Waals surface area contributed by atoms with Gasteiger partial charge in [-0.25, -0.2) is 0 Å². The Kier molecular flexibility index (Phi) is 8.08. The highest BCUT2D eigenvalue weighted by molar-refractivity contribution is 5.97. The fourth-order valence-corrected chi connectivity index (χ4v) is 3.63. The summed E-state index contributed by atoms with van der Waals surface area (Å²) in [4.78, 5) is 26.8. The van der Waals surface area contributed by atoms with Gasteiger partial charge in [-0.05, 0) is 47.9 Å². The minimum Gasteiger partial charge on any atom is -0.493 e. The summed E-state index contributed by atoms with van der Waals surface area (Å²) >= 11 is 0. The molecule has 1 aliphatic rings. The normalized spacial score (nSPS) is 14.2. The van der Waals surface area contributed by atoms with Crippen molar-refractivity contribution < 1.29 is 23.7 Å². The Hall–Kier alpha value is -4.46. The molecule has 0 radical (unpaired) electrons. The number of likely N-dealkylation sites (N-methyl/N-ethyl adjacent to an activating group) is 1. The molecule has 2 amide bonds. The number of rotatable bonds is 10. The van der Waals surface area contributed by atoms with Crippen molar-refractivity contribution in [1.82, 2.24) is 5.32 Å². The first-order valence-electron chi connectivity index (χ1n) is 11.7. The highest BCUT2D eigenvalue weighted by Crippen LogP contribution is 2.31. The average molecular weight is 486 g/mol. The molecule has 0 spiro atoms. The van der Waals surface area contributed by atoms with Crippen molar-refractivity contribution in [2.75, 3.05) is 25.1 Å². The summed E-state index contributed by atoms with van der Waals surface area (Å²) in [7, 11) is 1.70. The number of carbonyl (C=O) groups excluding carboxylic acids is 2. The molecule has 0 bridgehead atoms. The van der Waals surface area contributed by atoms with Gasteiger partial charge in [0.2, 0.25) is 12.1 Å². The molecule has 4 rings (SSSR count). The largest absolute Gasteiger partial charge is 0.493 e. The number of amides is 2. The van der Waals surface area contributed by atoms with Gasteiger partial charge in [-0.3, -0.25) is 9.59 Å². The molecule has 0 aliphatic carbocycles. The predicted octanol–water partition coefficient (Wildman–Crippen LogP) is 3.79. The quantitative estimate of drug-likeness (QED) is 0.443. The molecule has 3 aromatic carbocycles. The Balaban J connectivity index is 1.28. The highest BCUT2D eigenvalue weighted by Gasteiger charge is 2.25. The number of hydrazone groups is 1. The Morgan fingerprint density at radius 3 is 2.44 bits per heavy atom. The summed E-state index contributed by atoms with van der Waals surface area (Å²) in [6, 6.07) is 24.1. The number of hydrogen-bond acceptors (Lipinski definition) is 5. The van der Waals surface area contributed by atoms with Crippen molar-refractivity contribution >= 4 is 29.9 Å². The van der Waals surface area contributed by atoms with Gasteiger partial charge >= 0.3 is 0 Å². The van der Waals surface area contributed by atoms with Gasteiger partial charge in [-0.1, -0.05) is 53.2 Å². The molecule has 1 atom stereocenters. The van der Waals surface area contributed by atoms with Crippen molar-refractivity contribution in [3.05, 3.63) is 84.4 Å². The van der Waals surface area contributed by atoms with Crippen LogP contribution in [0, 0.1) is 6.92 Å². The third-order valence-corrected chi connectivity index (χ3v) is 5.59. The van der Waals surface area contributed by atoms with E-state index < -0.39 is 0 Å². The molecule has 1 N–H and O–H groups in total. The standard InChI is InChI=1S/C28H28N4O4/c1-21-10-6-8-14-25(21)35-17-16-27(33)30-22-18-29-32(19-22)20-28(34)31(2)24-13-7-9-15-26(24)36-23-11-4-3-5-12-23/h3-15,18-19,22H,16-17,20H2,1-2H3/p+1. The monoisotopic (exact) mass is 485 g/mol. The third kappa shape index (κ3) is 6.56. The zero-order chi connectivity index (χ0) is 25.3. The minimum absolute atomic E-state index is 0.0233. The second-order valence-corrected chi connectivity index (χ2v) is 8.30. The maximum absolute atomic E-state index is 13.0. The van der Waals surface area contributed by atoms with Crippen molar-refractivity contribution in [1.29, 1.82) is 0 Å². The van der Waals surface area contributed by atoms with Gasteiger partial charge in [-0.15, -0.1) is 0 Å². The van der Waals surface area contributed by atoms with Crippen LogP contribution in [0.15, 0.2) is 84.0 Å². The highest BCUT2D eigenvalue weighted by atomic mass is 16.5. The van der Waals surface area contributed by atoms with Crippen molar-refractivity contribution in [3.63, 3.8) is 0 Å². The molecule has 36 heavy (non-hydrogen) atoms. The zero-order valence-corrected chi connectivity index (χ0v) is 20.3. The Labute approximate surface area is 210 Å². The van der Waals surface area contributed by atoms with Crippen LogP contribution in [0.5, 0.6) is 17.2 Å². The van der Waals surface area contributed by atoms with Crippen LogP contribution >= 0.6 is 0 Å². The van der Waals surface area contributed by atoms with E-state index in [0.29, 0.717) is 17.2 Å². The fourth-order valence-electron chi connectivity index (χ4n) is 3.63. The first kappa shape index (κ1) is 24.7. The van der Waals surface area contributed by atoms with Crippen molar-refractivity contribution in [3.8, 4) is 17.2 Å². The van der Waals surface area contributed by atoms with Gasteiger partial charge in [0, 0.05) is 7.05 Å². The molecule has 0 saturated carbocycles. The molecule has 1 unspecified atom stereocenters. The number of nitrogens with zero attached hydrogens (tertiary/aromatic N) is 3. The molecule has 0 fully saturated rings. The summed E-state index contributed by atoms with van der Waals surface area (Å²) in [5, 5.41) is 7.11. The molecule has 8 nitrogen and oxygen atoms in total. The Bertz CT molecular complexity index is 1270. The number of nitrogens with one attached hydrogen (secondary N) is 1. The van der Waals surface area contributed by atoms with Crippen LogP contribution in [0.25, 0.3) is 0 Å². The second-order valence-electron chi connectivity index (χ2n) is 8.30. The summed E-state index contributed by atoms with van der Waals surface area (Å²) in [6.45, 7) is 2.26. The first-order chi connectivity index (χ1) is 17.5. The molecule has 3 aromatic rings. The van der Waals surface area contributed by atoms with Crippen LogP contribution in [0.1, 0.15) is 12.0 Å². The lowest BCUT2D eigenvalue weighted by molar-refractivity contribution is -0.514. The van der Waals surface area contributed by atoms with Gasteiger partial charge in [0.25, 0.3) is 12.5 Å². The third-order valence-electron chi connectivity index (χ3n) is 5.59. The fraction of sp³-hybridized carbons (Fsp3) is 0.214. The Morgan fingerprint density at radius 1 is 0.972 bits per heavy atom. The molecular formula is C28H29N4O4+. The number of carbonyl (C=O) groups is 2. The molecule has 184 valence electrons. The zero-order valence-electron chi connectivity index (χ0n) is 20.3. The molecule has 1 heterocycles. The summed E-state index contributed by atoms with van der Waals surface area (Å²) in [6.07, 6.45) is 3.52. The van der Waals surface area contributed by atoms with Gasteiger partial charge in [0.05, 0.1) is 18.7 Å². The van der Waals surface area contributed by atoms with Crippen LogP contribution in [-0.2, 0) is 9.59 Å². The molecule has 1 aliphatic heterocycles. The van der Waals surface area contributed by atoms with Crippen molar-refractivity contribution in [2.45, 2.75) is 19.4 Å². The topological polar surface area (TPSA) is 83.2 Å². The summed E-state index contributed by atoms with van der Waals surface area (Å²) in [5.74, 6) is 1.70. The van der Waals surface area contributed by atoms with E-state index in [4.69, 9.17) is 9.47 Å². The Morgan fingerprint density at radius 2 is 1.67 bits per heavy atom. The van der Waals surface area contributed by atoms with E-state index in [-0.39, 0.29) is 37.4 Å². The van der Waals surface area contributed by atoms with E-state index in [1.165, 1.54) is 9.58 Å². The van der Waals surface area contributed by atoms with Gasteiger partial charge in [-0.2, -0.15) is 0 Å². The van der Waals surface area contributed by atoms with E-state index in [9.17, 15) is 9.59 Å². The minimum atomic E-state index is -0.386. The van der Waals surface area contributed by atoms with E-state index in [1.54, 1.807) is 19.5 Å². The SMILES string of the molecule is Cc1ccccc1OCCC(=O)NC1C=N[N+](CC(=O)N(C)c2ccccc2Oc2ccccc2)=C1. The van der Waals surface area contributed by atoms with Gasteiger partial charge in [0.15, 0.2) is 11.8 Å². The van der Waals surface area contributed by atoms with Crippen LogP contribution in [-0.4, -0.2) is 55.2 Å². The number of anilines is 1. The smallest absolute Gasteiger partial charge is 0.295 e. The van der Waals surface area contributed by atoms with E-state index in [2.05, 4.69) is 10.4 Å². The molecular weight excluding hydrogens is 456 g/mol. The first-order valence-corrected chi connectivity index (χ1v) is 11.7. The predicted molar refractivity (Wildman–Crippen MR) is 139 cm³/mol. The number of ether oxygens (including phenoxy) is 2. The van der Waals surface area contributed by atoms with Crippen molar-refractivity contribution in [2.24, 2.45) is 5.10 Å². The maximum atomic E-state index is 13.0. The summed E-state index contributed by atoms with van der Waals surface area (Å²) in [5.41, 5.74) is 1.67. The maximum Gasteiger partial charge on any atom is 0.295 e. The van der Waals surface area contributed by atoms with E-state index in [1.807, 2.05) is 85.8 Å². The van der Waals surface area contributed by atoms with Gasteiger partial charge < -0.3 is 19.7 Å². The molecule has 8 heteroatoms. The van der Waals surface area contributed by atoms with Crippen LogP contribution in [0.3, 0.4) is 0 Å². The summed E-state index contributed by atoms with van der Waals surface area (Å²) < 4.78 is 13.2. The van der Waals surface area contributed by atoms with Crippen LogP contribution in [0.2, 0.25) is 0 Å². The number of para-hydroxylation sites is 4. The lowest BCUT2D eigenvalue weighted by atomic mass is 10.2. The second kappa shape index (κ2) is 11.8. The average Bonchev–Trinajstić information content (AvgIpc) is 3.32. The van der Waals surface area contributed by atoms with E-state index in [0.717, 1.165) is 11.3 Å². The van der Waals surface area contributed by atoms with E-state index >= 15 is 0 Å². The lowest BCUT2D eigenvalue weighted by Gasteiger charge is -2.19. The lowest BCUT2D eigenvalue weighted by Crippen LogP contribution is -2.38.